The van der Waals surface area contributed by atoms with Crippen molar-refractivity contribution in [1.82, 2.24) is 10.2 Å². The molecule has 7 heteroatoms. The van der Waals surface area contributed by atoms with Gasteiger partial charge in [0.05, 0.1) is 5.02 Å². The van der Waals surface area contributed by atoms with Crippen LogP contribution in [0.15, 0.2) is 78.9 Å². The van der Waals surface area contributed by atoms with Gasteiger partial charge < -0.3 is 15.0 Å². The van der Waals surface area contributed by atoms with E-state index in [0.717, 1.165) is 5.56 Å². The summed E-state index contributed by atoms with van der Waals surface area (Å²) in [5, 5.41) is 3.03. The quantitative estimate of drug-likeness (QED) is 0.526. The van der Waals surface area contributed by atoms with Crippen molar-refractivity contribution in [3.8, 4) is 5.75 Å². The zero-order valence-corrected chi connectivity index (χ0v) is 18.4. The normalized spacial score (nSPS) is 11.5. The van der Waals surface area contributed by atoms with Crippen molar-refractivity contribution in [2.45, 2.75) is 19.0 Å². The predicted octanol–water partition coefficient (Wildman–Crippen LogP) is 4.24. The predicted molar refractivity (Wildman–Crippen MR) is 122 cm³/mol. The maximum absolute atomic E-state index is 13.4. The van der Waals surface area contributed by atoms with Crippen LogP contribution >= 0.6 is 11.6 Å². The van der Waals surface area contributed by atoms with E-state index >= 15 is 0 Å². The number of halogens is 2. The highest BCUT2D eigenvalue weighted by Gasteiger charge is 2.30. The van der Waals surface area contributed by atoms with E-state index in [9.17, 15) is 14.0 Å². The van der Waals surface area contributed by atoms with Gasteiger partial charge in [0.2, 0.25) is 5.91 Å². The van der Waals surface area contributed by atoms with Gasteiger partial charge in [0.25, 0.3) is 5.91 Å². The number of hydrogen-bond donors (Lipinski definition) is 1. The second kappa shape index (κ2) is 11.3. The molecule has 0 aromatic heterocycles. The fraction of sp³-hybridized carbons (Fsp3) is 0.200. The third-order valence-corrected chi connectivity index (χ3v) is 5.28. The molecule has 2 amide bonds. The van der Waals surface area contributed by atoms with E-state index in [1.54, 1.807) is 36.4 Å². The molecule has 0 heterocycles. The molecule has 0 aliphatic heterocycles. The molecule has 0 aliphatic rings. The molecule has 0 fully saturated rings. The number of benzene rings is 3. The minimum absolute atomic E-state index is 0.121. The standard InChI is InChI=1S/C25H24ClFN2O3/c1-28-25(31)22(15-18-7-3-2-4-8-18)29(16-19-11-13-20(27)14-12-19)24(30)17-32-23-10-6-5-9-21(23)26/h2-14,22H,15-17H2,1H3,(H,28,31). The van der Waals surface area contributed by atoms with Crippen molar-refractivity contribution < 1.29 is 18.7 Å². The Balaban J connectivity index is 1.87. The van der Waals surface area contributed by atoms with E-state index < -0.39 is 11.9 Å². The Morgan fingerprint density at radius 2 is 1.62 bits per heavy atom. The number of carbonyl (C=O) groups is 2. The van der Waals surface area contributed by atoms with E-state index in [2.05, 4.69) is 5.32 Å². The summed E-state index contributed by atoms with van der Waals surface area (Å²) in [4.78, 5) is 27.5. The lowest BCUT2D eigenvalue weighted by molar-refractivity contribution is -0.142. The second-order valence-corrected chi connectivity index (χ2v) is 7.59. The van der Waals surface area contributed by atoms with Crippen LogP contribution in [-0.2, 0) is 22.6 Å². The molecule has 166 valence electrons. The zero-order valence-electron chi connectivity index (χ0n) is 17.6. The number of hydrogen-bond acceptors (Lipinski definition) is 3. The van der Waals surface area contributed by atoms with Crippen molar-refractivity contribution in [3.63, 3.8) is 0 Å². The summed E-state index contributed by atoms with van der Waals surface area (Å²) in [5.74, 6) is -0.689. The highest BCUT2D eigenvalue weighted by Crippen LogP contribution is 2.23. The molecule has 5 nitrogen and oxygen atoms in total. The van der Waals surface area contributed by atoms with Crippen LogP contribution in [-0.4, -0.2) is 36.4 Å². The lowest BCUT2D eigenvalue weighted by Crippen LogP contribution is -2.51. The Labute approximate surface area is 191 Å². The van der Waals surface area contributed by atoms with E-state index in [1.165, 1.54) is 24.1 Å². The van der Waals surface area contributed by atoms with Crippen LogP contribution in [0.1, 0.15) is 11.1 Å². The van der Waals surface area contributed by atoms with Gasteiger partial charge in [-0.3, -0.25) is 9.59 Å². The van der Waals surface area contributed by atoms with Gasteiger partial charge in [0, 0.05) is 20.0 Å². The van der Waals surface area contributed by atoms with Gasteiger partial charge in [-0.1, -0.05) is 66.2 Å². The Kier molecular flexibility index (Phi) is 8.22. The van der Waals surface area contributed by atoms with E-state index in [1.807, 2.05) is 30.3 Å². The number of carbonyl (C=O) groups excluding carboxylic acids is 2. The molecule has 0 spiro atoms. The average Bonchev–Trinajstić information content (AvgIpc) is 2.82. The molecule has 0 bridgehead atoms. The van der Waals surface area contributed by atoms with Crippen molar-refractivity contribution in [2.75, 3.05) is 13.7 Å². The largest absolute Gasteiger partial charge is 0.482 e. The van der Waals surface area contributed by atoms with Crippen LogP contribution in [0.4, 0.5) is 4.39 Å². The molecule has 3 rings (SSSR count). The first-order valence-electron chi connectivity index (χ1n) is 10.1. The molecule has 32 heavy (non-hydrogen) atoms. The number of ether oxygens (including phenoxy) is 1. The summed E-state index contributed by atoms with van der Waals surface area (Å²) in [7, 11) is 1.53. The molecule has 0 radical (unpaired) electrons. The Morgan fingerprint density at radius 1 is 0.969 bits per heavy atom. The smallest absolute Gasteiger partial charge is 0.261 e. The topological polar surface area (TPSA) is 58.6 Å². The SMILES string of the molecule is CNC(=O)C(Cc1ccccc1)N(Cc1ccc(F)cc1)C(=O)COc1ccccc1Cl. The fourth-order valence-corrected chi connectivity index (χ4v) is 3.48. The summed E-state index contributed by atoms with van der Waals surface area (Å²) < 4.78 is 19.0. The highest BCUT2D eigenvalue weighted by molar-refractivity contribution is 6.32. The third-order valence-electron chi connectivity index (χ3n) is 4.97. The minimum atomic E-state index is -0.783. The van der Waals surface area contributed by atoms with Gasteiger partial charge in [0.1, 0.15) is 17.6 Å². The lowest BCUT2D eigenvalue weighted by Gasteiger charge is -2.31. The van der Waals surface area contributed by atoms with Crippen LogP contribution in [0, 0.1) is 5.82 Å². The molecule has 1 atom stereocenters. The van der Waals surface area contributed by atoms with Gasteiger partial charge in [-0.05, 0) is 35.4 Å². The van der Waals surface area contributed by atoms with Crippen LogP contribution in [0.5, 0.6) is 5.75 Å². The first-order chi connectivity index (χ1) is 15.5. The van der Waals surface area contributed by atoms with E-state index in [-0.39, 0.29) is 24.9 Å². The molecular weight excluding hydrogens is 431 g/mol. The molecule has 3 aromatic carbocycles. The van der Waals surface area contributed by atoms with E-state index in [0.29, 0.717) is 22.8 Å². The molecule has 3 aromatic rings. The van der Waals surface area contributed by atoms with E-state index in [4.69, 9.17) is 16.3 Å². The Morgan fingerprint density at radius 3 is 2.28 bits per heavy atom. The maximum atomic E-state index is 13.4. The number of rotatable bonds is 9. The molecular formula is C25H24ClFN2O3. The van der Waals surface area contributed by atoms with Crippen LogP contribution in [0.25, 0.3) is 0 Å². The summed E-state index contributed by atoms with van der Waals surface area (Å²) in [6.45, 7) is -0.177. The first-order valence-corrected chi connectivity index (χ1v) is 10.5. The molecule has 1 N–H and O–H groups in total. The molecule has 0 saturated carbocycles. The molecule has 0 aliphatic carbocycles. The van der Waals surface area contributed by atoms with Crippen molar-refractivity contribution in [3.05, 3.63) is 101 Å². The van der Waals surface area contributed by atoms with Crippen LogP contribution < -0.4 is 10.1 Å². The first kappa shape index (κ1) is 23.3. The molecule has 0 saturated heterocycles. The van der Waals surface area contributed by atoms with Gasteiger partial charge in [-0.15, -0.1) is 0 Å². The Hall–Kier alpha value is -3.38. The number of nitrogens with one attached hydrogen (secondary N) is 1. The highest BCUT2D eigenvalue weighted by atomic mass is 35.5. The van der Waals surface area contributed by atoms with Gasteiger partial charge in [0.15, 0.2) is 6.61 Å². The fourth-order valence-electron chi connectivity index (χ4n) is 3.29. The number of para-hydroxylation sites is 1. The minimum Gasteiger partial charge on any atom is -0.482 e. The number of nitrogens with zero attached hydrogens (tertiary/aromatic N) is 1. The third kappa shape index (κ3) is 6.31. The van der Waals surface area contributed by atoms with Crippen molar-refractivity contribution >= 4 is 23.4 Å². The van der Waals surface area contributed by atoms with Crippen LogP contribution in [0.2, 0.25) is 5.02 Å². The second-order valence-electron chi connectivity index (χ2n) is 7.19. The summed E-state index contributed by atoms with van der Waals surface area (Å²) in [6, 6.07) is 21.3. The monoisotopic (exact) mass is 454 g/mol. The summed E-state index contributed by atoms with van der Waals surface area (Å²) >= 11 is 6.13. The zero-order chi connectivity index (χ0) is 22.9. The van der Waals surface area contributed by atoms with Gasteiger partial charge in [-0.2, -0.15) is 0 Å². The van der Waals surface area contributed by atoms with Crippen molar-refractivity contribution in [2.24, 2.45) is 0 Å². The molecule has 1 unspecified atom stereocenters. The lowest BCUT2D eigenvalue weighted by atomic mass is 10.0. The summed E-state index contributed by atoms with van der Waals surface area (Å²) in [6.07, 6.45) is 0.319. The summed E-state index contributed by atoms with van der Waals surface area (Å²) in [5.41, 5.74) is 1.60. The number of likely N-dealkylation sites (N-methyl/N-ethyl adjacent to an activating group) is 1. The van der Waals surface area contributed by atoms with Gasteiger partial charge >= 0.3 is 0 Å². The average molecular weight is 455 g/mol. The number of amides is 2. The van der Waals surface area contributed by atoms with Crippen LogP contribution in [0.3, 0.4) is 0 Å². The Bertz CT molecular complexity index is 1040. The van der Waals surface area contributed by atoms with Crippen molar-refractivity contribution in [1.29, 1.82) is 0 Å². The maximum Gasteiger partial charge on any atom is 0.261 e. The van der Waals surface area contributed by atoms with Gasteiger partial charge in [-0.25, -0.2) is 4.39 Å².